The van der Waals surface area contributed by atoms with E-state index >= 15 is 0 Å². The van der Waals surface area contributed by atoms with Gasteiger partial charge in [-0.1, -0.05) is 43.2 Å². The number of alkyl carbamates (subject to hydrolysis) is 3. The van der Waals surface area contributed by atoms with Crippen molar-refractivity contribution in [3.05, 3.63) is 0 Å². The van der Waals surface area contributed by atoms with E-state index in [1.807, 2.05) is 41.5 Å². The van der Waals surface area contributed by atoms with E-state index < -0.39 is 34.9 Å². The van der Waals surface area contributed by atoms with Crippen LogP contribution in [0, 0.1) is 0 Å². The van der Waals surface area contributed by atoms with Gasteiger partial charge in [-0.15, -0.1) is 0 Å². The molecule has 0 aromatic heterocycles. The Balaban J connectivity index is 0. The molecular weight excluding hydrogens is 586 g/mol. The molecule has 16 heteroatoms. The van der Waals surface area contributed by atoms with Gasteiger partial charge in [0.25, 0.3) is 0 Å². The molecule has 0 spiro atoms. The second kappa shape index (κ2) is 22.9. The molecule has 3 N–H and O–H groups in total. The third kappa shape index (κ3) is 35.0. The van der Waals surface area contributed by atoms with E-state index in [1.165, 1.54) is 7.05 Å². The highest BCUT2D eigenvalue weighted by Crippen LogP contribution is 2.20. The maximum Gasteiger partial charge on any atom is 0.407 e. The number of halogens is 1. The van der Waals surface area contributed by atoms with Crippen LogP contribution in [0.1, 0.15) is 41.5 Å². The fourth-order valence-corrected chi connectivity index (χ4v) is 5.19. The first-order chi connectivity index (χ1) is 17.2. The zero-order valence-electron chi connectivity index (χ0n) is 22.4. The predicted molar refractivity (Wildman–Crippen MR) is 156 cm³/mol. The average molecular weight is 626 g/mol. The predicted octanol–water partition coefficient (Wildman–Crippen LogP) is 5.52. The highest BCUT2D eigenvalue weighted by atomic mass is 35.5. The van der Waals surface area contributed by atoms with Gasteiger partial charge in [0.1, 0.15) is 24.4 Å². The van der Waals surface area contributed by atoms with E-state index in [0.717, 1.165) is 11.5 Å². The van der Waals surface area contributed by atoms with Gasteiger partial charge in [0.05, 0.1) is 0 Å². The molecule has 0 radical (unpaired) electrons. The first kappa shape index (κ1) is 38.1. The SMILES string of the molecule is CC(C)(C)OC(=O)NCCSSCCOC(=O)Cl.CNC(=O)OCCSSCCNC(=O)OC(C)(C)C. The average Bonchev–Trinajstić information content (AvgIpc) is 2.75. The first-order valence-corrected chi connectivity index (χ1v) is 16.6. The normalized spacial score (nSPS) is 10.8. The second-order valence-corrected chi connectivity index (χ2v) is 14.3. The number of hydrogen-bond donors (Lipinski definition) is 3. The smallest absolute Gasteiger partial charge is 0.407 e. The lowest BCUT2D eigenvalue weighted by molar-refractivity contribution is 0.0520. The Morgan fingerprint density at radius 2 is 1.03 bits per heavy atom. The molecular formula is C21H40ClN3O8S4. The molecule has 0 rings (SSSR count). The molecule has 0 aliphatic heterocycles. The minimum atomic E-state index is -0.785. The Labute approximate surface area is 240 Å². The molecule has 0 heterocycles. The summed E-state index contributed by atoms with van der Waals surface area (Å²) in [4.78, 5) is 43.5. The van der Waals surface area contributed by atoms with Crippen LogP contribution in [0.3, 0.4) is 0 Å². The molecule has 0 saturated carbocycles. The second-order valence-electron chi connectivity index (χ2n) is 8.62. The van der Waals surface area contributed by atoms with Crippen molar-refractivity contribution in [3.63, 3.8) is 0 Å². The van der Waals surface area contributed by atoms with Crippen molar-refractivity contribution >= 4 is 78.5 Å². The standard InChI is InChI=1S/C11H22N2O4S2.C10H18ClNO4S2/c1-11(2,3)17-10(15)13-5-7-18-19-8-6-16-9(14)12-4;1-10(2,3)16-9(14)12-4-6-17-18-7-5-15-8(11)13/h5-8H2,1-4H3,(H,12,14)(H,13,15);4-7H2,1-3H3,(H,12,14). The van der Waals surface area contributed by atoms with Crippen LogP contribution >= 0.6 is 54.8 Å². The van der Waals surface area contributed by atoms with Crippen LogP contribution in [0.2, 0.25) is 0 Å². The Hall–Kier alpha value is -1.03. The van der Waals surface area contributed by atoms with Gasteiger partial charge in [-0.05, 0) is 41.5 Å². The van der Waals surface area contributed by atoms with Gasteiger partial charge in [-0.25, -0.2) is 19.2 Å². The number of carbonyl (C=O) groups is 4. The lowest BCUT2D eigenvalue weighted by Crippen LogP contribution is -2.33. The molecule has 218 valence electrons. The van der Waals surface area contributed by atoms with E-state index in [9.17, 15) is 19.2 Å². The van der Waals surface area contributed by atoms with E-state index in [1.54, 1.807) is 43.2 Å². The third-order valence-corrected chi connectivity index (χ3v) is 7.71. The topological polar surface area (TPSA) is 141 Å². The zero-order valence-corrected chi connectivity index (χ0v) is 26.5. The lowest BCUT2D eigenvalue weighted by atomic mass is 10.2. The van der Waals surface area contributed by atoms with Crippen LogP contribution in [-0.4, -0.2) is 91.3 Å². The number of ether oxygens (including phenoxy) is 4. The Bertz CT molecular complexity index is 665. The highest BCUT2D eigenvalue weighted by molar-refractivity contribution is 8.77. The molecule has 0 saturated heterocycles. The van der Waals surface area contributed by atoms with Crippen molar-refractivity contribution in [1.29, 1.82) is 0 Å². The number of hydrogen-bond acceptors (Lipinski definition) is 12. The largest absolute Gasteiger partial charge is 0.453 e. The third-order valence-electron chi connectivity index (χ3n) is 2.86. The summed E-state index contributed by atoms with van der Waals surface area (Å²) in [6.45, 7) is 12.7. The monoisotopic (exact) mass is 625 g/mol. The molecule has 0 aliphatic carbocycles. The van der Waals surface area contributed by atoms with Crippen LogP contribution in [-0.2, 0) is 18.9 Å². The quantitative estimate of drug-likeness (QED) is 0.0968. The Morgan fingerprint density at radius 1 is 0.649 bits per heavy atom. The summed E-state index contributed by atoms with van der Waals surface area (Å²) in [7, 11) is 7.84. The van der Waals surface area contributed by atoms with Crippen LogP contribution in [0.25, 0.3) is 0 Å². The van der Waals surface area contributed by atoms with Crippen LogP contribution in [0.4, 0.5) is 19.2 Å². The Kier molecular flexibility index (Phi) is 23.6. The highest BCUT2D eigenvalue weighted by Gasteiger charge is 2.16. The van der Waals surface area contributed by atoms with Gasteiger partial charge in [-0.3, -0.25) is 0 Å². The van der Waals surface area contributed by atoms with Gasteiger partial charge in [0, 0.05) is 54.7 Å². The molecule has 11 nitrogen and oxygen atoms in total. The van der Waals surface area contributed by atoms with Crippen molar-refractivity contribution in [1.82, 2.24) is 16.0 Å². The summed E-state index contributed by atoms with van der Waals surface area (Å²) >= 11 is 4.99. The summed E-state index contributed by atoms with van der Waals surface area (Å²) in [6.07, 6.45) is -1.23. The first-order valence-electron chi connectivity index (χ1n) is 11.3. The molecule has 0 aromatic rings. The number of rotatable bonds is 14. The minimum absolute atomic E-state index is 0.291. The van der Waals surface area contributed by atoms with E-state index in [-0.39, 0.29) is 0 Å². The van der Waals surface area contributed by atoms with Crippen LogP contribution in [0.15, 0.2) is 0 Å². The minimum Gasteiger partial charge on any atom is -0.453 e. The zero-order chi connectivity index (χ0) is 28.7. The van der Waals surface area contributed by atoms with Gasteiger partial charge in [0.2, 0.25) is 0 Å². The number of nitrogens with one attached hydrogen (secondary N) is 3. The van der Waals surface area contributed by atoms with E-state index in [4.69, 9.17) is 25.8 Å². The van der Waals surface area contributed by atoms with Gasteiger partial charge >= 0.3 is 23.7 Å². The molecule has 37 heavy (non-hydrogen) atoms. The summed E-state index contributed by atoms with van der Waals surface area (Å²) in [5.74, 6) is 2.89. The Morgan fingerprint density at radius 3 is 1.38 bits per heavy atom. The summed E-state index contributed by atoms with van der Waals surface area (Å²) in [6, 6.07) is 0. The van der Waals surface area contributed by atoms with Crippen LogP contribution in [0.5, 0.6) is 0 Å². The summed E-state index contributed by atoms with van der Waals surface area (Å²) in [5.41, 5.74) is -1.73. The van der Waals surface area contributed by atoms with Gasteiger partial charge < -0.3 is 34.9 Å². The van der Waals surface area contributed by atoms with Gasteiger partial charge in [0.15, 0.2) is 0 Å². The van der Waals surface area contributed by atoms with Crippen molar-refractivity contribution in [2.24, 2.45) is 0 Å². The summed E-state index contributed by atoms with van der Waals surface area (Å²) < 4.78 is 19.5. The number of amides is 3. The van der Waals surface area contributed by atoms with Crippen LogP contribution < -0.4 is 16.0 Å². The molecule has 0 atom stereocenters. The molecule has 3 amide bonds. The molecule has 0 bridgehead atoms. The fraction of sp³-hybridized carbons (Fsp3) is 0.810. The number of carbonyl (C=O) groups excluding carboxylic acids is 4. The van der Waals surface area contributed by atoms with E-state index in [0.29, 0.717) is 37.8 Å². The van der Waals surface area contributed by atoms with Crippen molar-refractivity contribution in [2.45, 2.75) is 52.7 Å². The molecule has 0 unspecified atom stereocenters. The van der Waals surface area contributed by atoms with Crippen molar-refractivity contribution in [2.75, 3.05) is 56.4 Å². The molecule has 0 aliphatic rings. The fourth-order valence-electron chi connectivity index (χ4n) is 1.65. The summed E-state index contributed by atoms with van der Waals surface area (Å²) in [5, 5.41) is 7.68. The maximum atomic E-state index is 11.3. The van der Waals surface area contributed by atoms with E-state index in [2.05, 4.69) is 20.7 Å². The molecule has 0 fully saturated rings. The lowest BCUT2D eigenvalue weighted by Gasteiger charge is -2.19. The van der Waals surface area contributed by atoms with Crippen molar-refractivity contribution < 1.29 is 38.1 Å². The maximum absolute atomic E-state index is 11.3. The van der Waals surface area contributed by atoms with Crippen molar-refractivity contribution in [3.8, 4) is 0 Å². The molecule has 0 aromatic carbocycles. The van der Waals surface area contributed by atoms with Gasteiger partial charge in [-0.2, -0.15) is 0 Å².